The van der Waals surface area contributed by atoms with Crippen molar-refractivity contribution in [3.63, 3.8) is 0 Å². The lowest BCUT2D eigenvalue weighted by molar-refractivity contribution is 0.463. The highest BCUT2D eigenvalue weighted by Gasteiger charge is 2.26. The molecule has 1 unspecified atom stereocenters. The molecule has 1 aromatic rings. The zero-order valence-corrected chi connectivity index (χ0v) is 10.2. The Bertz CT molecular complexity index is 334. The highest BCUT2D eigenvalue weighted by atomic mass is 15.0. The molecule has 1 N–H and O–H groups in total. The lowest BCUT2D eigenvalue weighted by atomic mass is 10.1. The van der Waals surface area contributed by atoms with E-state index in [4.69, 9.17) is 0 Å². The summed E-state index contributed by atoms with van der Waals surface area (Å²) < 4.78 is 0. The van der Waals surface area contributed by atoms with Gasteiger partial charge in [-0.3, -0.25) is 0 Å². The van der Waals surface area contributed by atoms with Gasteiger partial charge in [0.25, 0.3) is 0 Å². The number of nitrogens with one attached hydrogen (secondary N) is 1. The molecule has 0 aliphatic heterocycles. The van der Waals surface area contributed by atoms with Crippen LogP contribution in [0.1, 0.15) is 50.2 Å². The van der Waals surface area contributed by atoms with E-state index in [1.54, 1.807) is 0 Å². The minimum atomic E-state index is 0.425. The standard InChI is InChI=1S/C13H21N3/c1-3-7-15-13(9-11-4-5-11)12-6-8-14-10(2)16-12/h6,8,11,13,15H,3-5,7,9H2,1-2H3. The molecule has 1 atom stereocenters. The molecule has 1 aromatic heterocycles. The summed E-state index contributed by atoms with van der Waals surface area (Å²) in [6, 6.07) is 2.47. The fourth-order valence-electron chi connectivity index (χ4n) is 1.98. The Morgan fingerprint density at radius 2 is 2.31 bits per heavy atom. The normalized spacial score (nSPS) is 17.4. The van der Waals surface area contributed by atoms with Crippen LogP contribution in [0, 0.1) is 12.8 Å². The third-order valence-electron chi connectivity index (χ3n) is 3.06. The molecule has 0 amide bonds. The predicted octanol–water partition coefficient (Wildman–Crippen LogP) is 2.63. The zero-order chi connectivity index (χ0) is 11.4. The van der Waals surface area contributed by atoms with Gasteiger partial charge in [0.1, 0.15) is 5.82 Å². The fourth-order valence-corrected chi connectivity index (χ4v) is 1.98. The van der Waals surface area contributed by atoms with Crippen LogP contribution in [0.15, 0.2) is 12.3 Å². The number of nitrogens with zero attached hydrogens (tertiary/aromatic N) is 2. The van der Waals surface area contributed by atoms with Gasteiger partial charge < -0.3 is 5.32 Å². The fraction of sp³-hybridized carbons (Fsp3) is 0.692. The lowest BCUT2D eigenvalue weighted by Crippen LogP contribution is -2.23. The number of rotatable bonds is 6. The Labute approximate surface area is 97.7 Å². The van der Waals surface area contributed by atoms with E-state index in [1.807, 2.05) is 19.2 Å². The van der Waals surface area contributed by atoms with E-state index in [1.165, 1.54) is 25.7 Å². The van der Waals surface area contributed by atoms with E-state index < -0.39 is 0 Å². The minimum Gasteiger partial charge on any atom is -0.309 e. The maximum atomic E-state index is 4.53. The highest BCUT2D eigenvalue weighted by molar-refractivity contribution is 5.08. The van der Waals surface area contributed by atoms with Gasteiger partial charge in [0, 0.05) is 12.2 Å². The van der Waals surface area contributed by atoms with E-state index in [0.29, 0.717) is 6.04 Å². The van der Waals surface area contributed by atoms with Crippen LogP contribution in [0.4, 0.5) is 0 Å². The van der Waals surface area contributed by atoms with E-state index in [9.17, 15) is 0 Å². The Morgan fingerprint density at radius 3 is 2.94 bits per heavy atom. The molecule has 0 spiro atoms. The molecule has 3 heteroatoms. The zero-order valence-electron chi connectivity index (χ0n) is 10.2. The van der Waals surface area contributed by atoms with Crippen LogP contribution < -0.4 is 5.32 Å². The van der Waals surface area contributed by atoms with Gasteiger partial charge in [-0.15, -0.1) is 0 Å². The van der Waals surface area contributed by atoms with Gasteiger partial charge in [0.05, 0.1) is 5.69 Å². The van der Waals surface area contributed by atoms with Gasteiger partial charge in [-0.1, -0.05) is 19.8 Å². The second-order valence-electron chi connectivity index (χ2n) is 4.71. The molecular weight excluding hydrogens is 198 g/mol. The van der Waals surface area contributed by atoms with Gasteiger partial charge in [-0.05, 0) is 38.3 Å². The Hall–Kier alpha value is -0.960. The maximum Gasteiger partial charge on any atom is 0.125 e. The van der Waals surface area contributed by atoms with Crippen LogP contribution in [0.25, 0.3) is 0 Å². The second kappa shape index (κ2) is 5.39. The molecule has 1 aliphatic rings. The Balaban J connectivity index is 2.03. The minimum absolute atomic E-state index is 0.425. The molecule has 0 bridgehead atoms. The van der Waals surface area contributed by atoms with Crippen LogP contribution in [0.2, 0.25) is 0 Å². The molecule has 16 heavy (non-hydrogen) atoms. The first-order chi connectivity index (χ1) is 7.79. The predicted molar refractivity (Wildman–Crippen MR) is 65.1 cm³/mol. The molecule has 2 rings (SSSR count). The topological polar surface area (TPSA) is 37.8 Å². The van der Waals surface area contributed by atoms with Crippen LogP contribution in [-0.4, -0.2) is 16.5 Å². The number of hydrogen-bond acceptors (Lipinski definition) is 3. The third-order valence-corrected chi connectivity index (χ3v) is 3.06. The summed E-state index contributed by atoms with van der Waals surface area (Å²) >= 11 is 0. The van der Waals surface area contributed by atoms with Crippen molar-refractivity contribution in [2.75, 3.05) is 6.54 Å². The van der Waals surface area contributed by atoms with Crippen LogP contribution in [-0.2, 0) is 0 Å². The summed E-state index contributed by atoms with van der Waals surface area (Å²) in [6.07, 6.45) is 7.07. The van der Waals surface area contributed by atoms with Crippen molar-refractivity contribution in [2.45, 2.75) is 45.6 Å². The molecular formula is C13H21N3. The maximum absolute atomic E-state index is 4.53. The summed E-state index contributed by atoms with van der Waals surface area (Å²) in [7, 11) is 0. The monoisotopic (exact) mass is 219 g/mol. The van der Waals surface area contributed by atoms with Crippen molar-refractivity contribution in [1.82, 2.24) is 15.3 Å². The molecule has 3 nitrogen and oxygen atoms in total. The summed E-state index contributed by atoms with van der Waals surface area (Å²) in [5.41, 5.74) is 1.16. The third kappa shape index (κ3) is 3.27. The number of aryl methyl sites for hydroxylation is 1. The van der Waals surface area contributed by atoms with Crippen molar-refractivity contribution >= 4 is 0 Å². The van der Waals surface area contributed by atoms with E-state index in [0.717, 1.165) is 24.0 Å². The smallest absolute Gasteiger partial charge is 0.125 e. The second-order valence-corrected chi connectivity index (χ2v) is 4.71. The molecule has 1 aliphatic carbocycles. The summed E-state index contributed by atoms with van der Waals surface area (Å²) in [6.45, 7) is 5.23. The average molecular weight is 219 g/mol. The average Bonchev–Trinajstić information content (AvgIpc) is 3.08. The van der Waals surface area contributed by atoms with Crippen LogP contribution in [0.3, 0.4) is 0 Å². The largest absolute Gasteiger partial charge is 0.309 e. The van der Waals surface area contributed by atoms with Gasteiger partial charge in [0.2, 0.25) is 0 Å². The molecule has 0 saturated heterocycles. The first kappa shape index (κ1) is 11.5. The highest BCUT2D eigenvalue weighted by Crippen LogP contribution is 2.37. The van der Waals surface area contributed by atoms with Crippen molar-refractivity contribution in [2.24, 2.45) is 5.92 Å². The van der Waals surface area contributed by atoms with Crippen LogP contribution >= 0.6 is 0 Å². The van der Waals surface area contributed by atoms with Crippen molar-refractivity contribution in [3.8, 4) is 0 Å². The molecule has 0 radical (unpaired) electrons. The van der Waals surface area contributed by atoms with Crippen LogP contribution in [0.5, 0.6) is 0 Å². The molecule has 1 fully saturated rings. The molecule has 0 aromatic carbocycles. The Morgan fingerprint density at radius 1 is 1.50 bits per heavy atom. The quantitative estimate of drug-likeness (QED) is 0.799. The summed E-state index contributed by atoms with van der Waals surface area (Å²) in [5, 5.41) is 3.59. The van der Waals surface area contributed by atoms with E-state index >= 15 is 0 Å². The molecule has 1 heterocycles. The van der Waals surface area contributed by atoms with Crippen molar-refractivity contribution < 1.29 is 0 Å². The van der Waals surface area contributed by atoms with Crippen molar-refractivity contribution in [1.29, 1.82) is 0 Å². The van der Waals surface area contributed by atoms with Gasteiger partial charge in [-0.2, -0.15) is 0 Å². The Kier molecular flexibility index (Phi) is 3.88. The molecule has 88 valence electrons. The summed E-state index contributed by atoms with van der Waals surface area (Å²) in [4.78, 5) is 8.69. The van der Waals surface area contributed by atoms with Gasteiger partial charge in [-0.25, -0.2) is 9.97 Å². The van der Waals surface area contributed by atoms with Crippen molar-refractivity contribution in [3.05, 3.63) is 23.8 Å². The SMILES string of the molecule is CCCNC(CC1CC1)c1ccnc(C)n1. The van der Waals surface area contributed by atoms with E-state index in [-0.39, 0.29) is 0 Å². The first-order valence-electron chi connectivity index (χ1n) is 6.32. The van der Waals surface area contributed by atoms with Gasteiger partial charge >= 0.3 is 0 Å². The summed E-state index contributed by atoms with van der Waals surface area (Å²) in [5.74, 6) is 1.79. The number of aromatic nitrogens is 2. The lowest BCUT2D eigenvalue weighted by Gasteiger charge is -2.17. The number of hydrogen-bond donors (Lipinski definition) is 1. The van der Waals surface area contributed by atoms with E-state index in [2.05, 4.69) is 22.2 Å². The first-order valence-corrected chi connectivity index (χ1v) is 6.32. The van der Waals surface area contributed by atoms with Gasteiger partial charge in [0.15, 0.2) is 0 Å². The molecule has 1 saturated carbocycles.